The zero-order chi connectivity index (χ0) is 27.1. The van der Waals surface area contributed by atoms with Crippen LogP contribution < -0.4 is 10.6 Å². The van der Waals surface area contributed by atoms with E-state index in [4.69, 9.17) is 4.74 Å². The molecule has 0 radical (unpaired) electrons. The number of hydrogen-bond acceptors (Lipinski definition) is 7. The smallest absolute Gasteiger partial charge is 0.338 e. The number of urea groups is 2. The molecular formula is C26H31N5O6. The third-order valence-corrected chi connectivity index (χ3v) is 5.69. The van der Waals surface area contributed by atoms with E-state index >= 15 is 0 Å². The highest BCUT2D eigenvalue weighted by Gasteiger charge is 2.42. The van der Waals surface area contributed by atoms with E-state index in [0.717, 1.165) is 10.5 Å². The van der Waals surface area contributed by atoms with Crippen LogP contribution in [0.2, 0.25) is 0 Å². The quantitative estimate of drug-likeness (QED) is 0.299. The monoisotopic (exact) mass is 509 g/mol. The largest absolute Gasteiger partial charge is 0.459 e. The number of rotatable bonds is 9. The maximum absolute atomic E-state index is 13.3. The molecule has 1 atom stereocenters. The predicted octanol–water partition coefficient (Wildman–Crippen LogP) is 3.73. The van der Waals surface area contributed by atoms with Gasteiger partial charge in [-0.25, -0.2) is 19.3 Å². The second-order valence-electron chi connectivity index (χ2n) is 9.00. The zero-order valence-corrected chi connectivity index (χ0v) is 21.3. The lowest BCUT2D eigenvalue weighted by molar-refractivity contribution is -0.384. The minimum Gasteiger partial charge on any atom is -0.459 e. The molecule has 0 aliphatic carbocycles. The Morgan fingerprint density at radius 2 is 1.89 bits per heavy atom. The summed E-state index contributed by atoms with van der Waals surface area (Å²) in [6.07, 6.45) is -0.460. The maximum atomic E-state index is 13.3. The van der Waals surface area contributed by atoms with Crippen LogP contribution in [0.25, 0.3) is 0 Å². The molecule has 1 aliphatic rings. The van der Waals surface area contributed by atoms with E-state index in [2.05, 4.69) is 10.6 Å². The molecule has 2 N–H and O–H groups in total. The topological polar surface area (TPSA) is 134 Å². The van der Waals surface area contributed by atoms with Gasteiger partial charge in [-0.05, 0) is 38.9 Å². The average molecular weight is 510 g/mol. The molecule has 2 aromatic rings. The van der Waals surface area contributed by atoms with E-state index in [-0.39, 0.29) is 29.1 Å². The molecule has 1 unspecified atom stereocenters. The van der Waals surface area contributed by atoms with Crippen LogP contribution >= 0.6 is 0 Å². The number of nitrogens with zero attached hydrogens (tertiary/aromatic N) is 3. The lowest BCUT2D eigenvalue weighted by Crippen LogP contribution is -2.55. The SMILES string of the molecule is CC1=C(C(=O)OC(C)C)C(c2cccc([N+](=O)[O-])c2)N(C(=O)NCCN(C)Cc2ccccc2)C(=O)N1. The first kappa shape index (κ1) is 27.3. The van der Waals surface area contributed by atoms with E-state index in [1.54, 1.807) is 13.8 Å². The van der Waals surface area contributed by atoms with Crippen LogP contribution in [0.4, 0.5) is 15.3 Å². The van der Waals surface area contributed by atoms with Gasteiger partial charge < -0.3 is 20.3 Å². The van der Waals surface area contributed by atoms with Gasteiger partial charge in [0.1, 0.15) is 6.04 Å². The standard InChI is InChI=1S/C26H31N5O6/c1-17(2)37-24(32)22-18(3)28-26(34)30(23(22)20-11-8-12-21(15-20)31(35)36)25(33)27-13-14-29(4)16-19-9-6-5-7-10-19/h5-12,15,17,23H,13-14,16H2,1-4H3,(H,27,33)(H,28,34). The molecule has 0 bridgehead atoms. The zero-order valence-electron chi connectivity index (χ0n) is 21.3. The molecule has 0 saturated carbocycles. The van der Waals surface area contributed by atoms with E-state index < -0.39 is 35.1 Å². The number of esters is 1. The van der Waals surface area contributed by atoms with Crippen LogP contribution in [0.3, 0.4) is 0 Å². The van der Waals surface area contributed by atoms with Gasteiger partial charge in [0.2, 0.25) is 0 Å². The van der Waals surface area contributed by atoms with Crippen molar-refractivity contribution < 1.29 is 24.0 Å². The number of nitro benzene ring substituents is 1. The van der Waals surface area contributed by atoms with Crippen molar-refractivity contribution in [1.82, 2.24) is 20.4 Å². The second-order valence-corrected chi connectivity index (χ2v) is 9.00. The van der Waals surface area contributed by atoms with Crippen molar-refractivity contribution in [3.8, 4) is 0 Å². The van der Waals surface area contributed by atoms with Crippen LogP contribution in [0.15, 0.2) is 65.9 Å². The lowest BCUT2D eigenvalue weighted by atomic mass is 9.93. The Labute approximate surface area is 215 Å². The molecule has 1 aliphatic heterocycles. The van der Waals surface area contributed by atoms with Crippen molar-refractivity contribution in [2.45, 2.75) is 39.5 Å². The number of carbonyl (C=O) groups excluding carboxylic acids is 3. The lowest BCUT2D eigenvalue weighted by Gasteiger charge is -2.36. The summed E-state index contributed by atoms with van der Waals surface area (Å²) in [5.74, 6) is -0.732. The van der Waals surface area contributed by atoms with Gasteiger partial charge in [0, 0.05) is 37.5 Å². The second kappa shape index (κ2) is 12.1. The molecule has 0 saturated heterocycles. The Hall–Kier alpha value is -4.25. The molecule has 2 aromatic carbocycles. The summed E-state index contributed by atoms with van der Waals surface area (Å²) in [6.45, 7) is 6.26. The maximum Gasteiger partial charge on any atom is 0.338 e. The number of allylic oxidation sites excluding steroid dienone is 1. The number of nitrogens with one attached hydrogen (secondary N) is 2. The number of hydrogen-bond donors (Lipinski definition) is 2. The Morgan fingerprint density at radius 3 is 2.54 bits per heavy atom. The minimum atomic E-state index is -1.22. The van der Waals surface area contributed by atoms with Gasteiger partial charge in [0.25, 0.3) is 5.69 Å². The molecule has 11 nitrogen and oxygen atoms in total. The highest BCUT2D eigenvalue weighted by Crippen LogP contribution is 2.36. The Balaban J connectivity index is 1.86. The summed E-state index contributed by atoms with van der Waals surface area (Å²) >= 11 is 0. The molecule has 3 rings (SSSR count). The van der Waals surface area contributed by atoms with E-state index in [1.807, 2.05) is 42.3 Å². The average Bonchev–Trinajstić information content (AvgIpc) is 2.83. The Bertz CT molecular complexity index is 1200. The number of non-ortho nitro benzene ring substituents is 1. The van der Waals surface area contributed by atoms with Crippen molar-refractivity contribution >= 4 is 23.7 Å². The first-order valence-corrected chi connectivity index (χ1v) is 11.8. The highest BCUT2D eigenvalue weighted by atomic mass is 16.6. The third kappa shape index (κ3) is 6.91. The summed E-state index contributed by atoms with van der Waals surface area (Å²) in [7, 11) is 1.91. The summed E-state index contributed by atoms with van der Waals surface area (Å²) in [5, 5.41) is 16.7. The molecule has 37 heavy (non-hydrogen) atoms. The number of benzene rings is 2. The predicted molar refractivity (Wildman–Crippen MR) is 136 cm³/mol. The van der Waals surface area contributed by atoms with Gasteiger partial charge in [0.05, 0.1) is 16.6 Å². The molecular weight excluding hydrogens is 478 g/mol. The first-order chi connectivity index (χ1) is 17.6. The van der Waals surface area contributed by atoms with Crippen LogP contribution in [0, 0.1) is 10.1 Å². The summed E-state index contributed by atoms with van der Waals surface area (Å²) < 4.78 is 5.38. The summed E-state index contributed by atoms with van der Waals surface area (Å²) in [5.41, 5.74) is 1.34. The normalized spacial score (nSPS) is 15.6. The molecule has 0 aromatic heterocycles. The van der Waals surface area contributed by atoms with Crippen molar-refractivity contribution in [2.75, 3.05) is 20.1 Å². The van der Waals surface area contributed by atoms with E-state index in [9.17, 15) is 24.5 Å². The van der Waals surface area contributed by atoms with Crippen molar-refractivity contribution in [3.05, 3.63) is 87.1 Å². The van der Waals surface area contributed by atoms with Crippen LogP contribution in [0.1, 0.15) is 37.9 Å². The molecule has 0 spiro atoms. The van der Waals surface area contributed by atoms with Gasteiger partial charge in [-0.2, -0.15) is 0 Å². The number of imide groups is 1. The van der Waals surface area contributed by atoms with Crippen LogP contribution in [0.5, 0.6) is 0 Å². The Morgan fingerprint density at radius 1 is 1.19 bits per heavy atom. The number of likely N-dealkylation sites (N-methyl/N-ethyl adjacent to an activating group) is 1. The van der Waals surface area contributed by atoms with Gasteiger partial charge in [-0.15, -0.1) is 0 Å². The number of nitro groups is 1. The fourth-order valence-corrected chi connectivity index (χ4v) is 4.03. The fraction of sp³-hybridized carbons (Fsp3) is 0.346. The van der Waals surface area contributed by atoms with Gasteiger partial charge in [-0.3, -0.25) is 10.1 Å². The minimum absolute atomic E-state index is 0.0187. The summed E-state index contributed by atoms with van der Waals surface area (Å²) in [6, 6.07) is 12.6. The van der Waals surface area contributed by atoms with Gasteiger partial charge >= 0.3 is 18.0 Å². The number of carbonyl (C=O) groups is 3. The molecule has 196 valence electrons. The fourth-order valence-electron chi connectivity index (χ4n) is 4.03. The molecule has 1 heterocycles. The van der Waals surface area contributed by atoms with E-state index in [0.29, 0.717) is 13.1 Å². The highest BCUT2D eigenvalue weighted by molar-refractivity contribution is 6.01. The third-order valence-electron chi connectivity index (χ3n) is 5.69. The van der Waals surface area contributed by atoms with Gasteiger partial charge in [-0.1, -0.05) is 42.5 Å². The summed E-state index contributed by atoms with van der Waals surface area (Å²) in [4.78, 5) is 53.0. The number of ether oxygens (including phenoxy) is 1. The van der Waals surface area contributed by atoms with E-state index in [1.165, 1.54) is 31.2 Å². The van der Waals surface area contributed by atoms with Gasteiger partial charge in [0.15, 0.2) is 0 Å². The van der Waals surface area contributed by atoms with Crippen LogP contribution in [-0.4, -0.2) is 59.0 Å². The van der Waals surface area contributed by atoms with Crippen LogP contribution in [-0.2, 0) is 16.1 Å². The molecule has 11 heteroatoms. The Kier molecular flexibility index (Phi) is 8.96. The van der Waals surface area contributed by atoms with Crippen molar-refractivity contribution in [2.24, 2.45) is 0 Å². The van der Waals surface area contributed by atoms with Crippen molar-refractivity contribution in [3.63, 3.8) is 0 Å². The number of amides is 4. The van der Waals surface area contributed by atoms with Crippen molar-refractivity contribution in [1.29, 1.82) is 0 Å². The molecule has 0 fully saturated rings. The first-order valence-electron chi connectivity index (χ1n) is 11.8. The molecule has 4 amide bonds.